The first-order valence-electron chi connectivity index (χ1n) is 4.08. The summed E-state index contributed by atoms with van der Waals surface area (Å²) < 4.78 is 5.95. The molecule has 74 valence electrons. The number of halogens is 2. The third kappa shape index (κ3) is 1.81. The Bertz CT molecular complexity index is 517. The number of aryl methyl sites for hydroxylation is 1. The molecule has 0 saturated carbocycles. The van der Waals surface area contributed by atoms with E-state index in [1.807, 2.05) is 12.1 Å². The van der Waals surface area contributed by atoms with Crippen molar-refractivity contribution in [1.82, 2.24) is 4.98 Å². The largest absolute Gasteiger partial charge is 0.417 e. The maximum absolute atomic E-state index is 11.0. The minimum Gasteiger partial charge on any atom is -0.408 e. The van der Waals surface area contributed by atoms with E-state index in [0.29, 0.717) is 11.5 Å². The summed E-state index contributed by atoms with van der Waals surface area (Å²) in [6.45, 7) is 0. The fourth-order valence-corrected chi connectivity index (χ4v) is 2.34. The first kappa shape index (κ1) is 10.0. The van der Waals surface area contributed by atoms with Crippen LogP contribution in [-0.2, 0) is 6.42 Å². The quantitative estimate of drug-likeness (QED) is 0.682. The second-order valence-electron chi connectivity index (χ2n) is 2.90. The molecule has 0 atom stereocenters. The minimum atomic E-state index is -0.416. The molecule has 0 spiro atoms. The average Bonchev–Trinajstić information content (AvgIpc) is 2.47. The lowest BCUT2D eigenvalue weighted by molar-refractivity contribution is 0.555. The van der Waals surface area contributed by atoms with E-state index in [1.54, 1.807) is 0 Å². The van der Waals surface area contributed by atoms with Crippen molar-refractivity contribution >= 4 is 45.3 Å². The van der Waals surface area contributed by atoms with Crippen LogP contribution >= 0.6 is 34.2 Å². The monoisotopic (exact) mass is 323 g/mol. The van der Waals surface area contributed by atoms with Crippen molar-refractivity contribution in [3.63, 3.8) is 0 Å². The van der Waals surface area contributed by atoms with Gasteiger partial charge < -0.3 is 4.42 Å². The van der Waals surface area contributed by atoms with Crippen LogP contribution in [0.5, 0.6) is 0 Å². The Labute approximate surface area is 98.6 Å². The molecule has 0 fully saturated rings. The number of aromatic nitrogens is 1. The van der Waals surface area contributed by atoms with Gasteiger partial charge in [-0.05, 0) is 46.7 Å². The first-order valence-corrected chi connectivity index (χ1v) is 5.69. The molecule has 0 unspecified atom stereocenters. The topological polar surface area (TPSA) is 46.0 Å². The zero-order chi connectivity index (χ0) is 10.1. The number of fused-ring (bicyclic) bond motifs is 1. The Kier molecular flexibility index (Phi) is 2.83. The third-order valence-electron chi connectivity index (χ3n) is 1.93. The van der Waals surface area contributed by atoms with Gasteiger partial charge in [-0.2, -0.15) is 0 Å². The van der Waals surface area contributed by atoms with Crippen LogP contribution in [-0.4, -0.2) is 10.9 Å². The summed E-state index contributed by atoms with van der Waals surface area (Å²) in [5.74, 6) is 0.150. The van der Waals surface area contributed by atoms with Gasteiger partial charge in [0.2, 0.25) is 0 Å². The summed E-state index contributed by atoms with van der Waals surface area (Å²) in [6, 6.07) is 3.84. The summed E-state index contributed by atoms with van der Waals surface area (Å²) >= 11 is 7.81. The molecule has 2 aromatic rings. The first-order chi connectivity index (χ1) is 6.70. The van der Waals surface area contributed by atoms with Crippen molar-refractivity contribution in [3.05, 3.63) is 31.8 Å². The maximum Gasteiger partial charge on any atom is 0.417 e. The number of rotatable bonds is 2. The van der Waals surface area contributed by atoms with Crippen LogP contribution in [0.2, 0.25) is 0 Å². The van der Waals surface area contributed by atoms with Crippen LogP contribution in [0.1, 0.15) is 5.56 Å². The van der Waals surface area contributed by atoms with Gasteiger partial charge in [0.15, 0.2) is 5.58 Å². The van der Waals surface area contributed by atoms with Crippen LogP contribution in [0.15, 0.2) is 21.3 Å². The van der Waals surface area contributed by atoms with Crippen LogP contribution in [0, 0.1) is 3.57 Å². The fraction of sp³-hybridized carbons (Fsp3) is 0.222. The highest BCUT2D eigenvalue weighted by Crippen LogP contribution is 2.20. The lowest BCUT2D eigenvalue weighted by atomic mass is 10.1. The van der Waals surface area contributed by atoms with E-state index in [4.69, 9.17) is 16.0 Å². The molecule has 0 aliphatic carbocycles. The van der Waals surface area contributed by atoms with Crippen LogP contribution in [0.25, 0.3) is 11.1 Å². The summed E-state index contributed by atoms with van der Waals surface area (Å²) in [7, 11) is 0. The van der Waals surface area contributed by atoms with E-state index in [9.17, 15) is 4.79 Å². The van der Waals surface area contributed by atoms with E-state index >= 15 is 0 Å². The van der Waals surface area contributed by atoms with Crippen molar-refractivity contribution in [2.45, 2.75) is 6.42 Å². The van der Waals surface area contributed by atoms with E-state index in [-0.39, 0.29) is 0 Å². The van der Waals surface area contributed by atoms with Gasteiger partial charge in [0.1, 0.15) is 5.52 Å². The zero-order valence-corrected chi connectivity index (χ0v) is 10.1. The molecule has 0 radical (unpaired) electrons. The van der Waals surface area contributed by atoms with Gasteiger partial charge in [0.05, 0.1) is 0 Å². The van der Waals surface area contributed by atoms with E-state index in [1.165, 1.54) is 0 Å². The molecular weight excluding hydrogens is 316 g/mol. The number of oxazole rings is 1. The number of aromatic amines is 1. The summed E-state index contributed by atoms with van der Waals surface area (Å²) in [6.07, 6.45) is 0.780. The van der Waals surface area contributed by atoms with Crippen molar-refractivity contribution in [2.75, 3.05) is 5.88 Å². The Balaban J connectivity index is 2.65. The normalized spacial score (nSPS) is 11.0. The lowest BCUT2D eigenvalue weighted by Gasteiger charge is -1.98. The van der Waals surface area contributed by atoms with Gasteiger partial charge in [-0.15, -0.1) is 11.6 Å². The highest BCUT2D eigenvalue weighted by Gasteiger charge is 2.06. The Hall–Kier alpha value is -0.490. The number of H-pyrrole nitrogens is 1. The molecule has 5 heteroatoms. The van der Waals surface area contributed by atoms with Gasteiger partial charge >= 0.3 is 5.76 Å². The molecule has 0 saturated heterocycles. The van der Waals surface area contributed by atoms with Crippen molar-refractivity contribution < 1.29 is 4.42 Å². The predicted octanol–water partition coefficient (Wildman–Crippen LogP) is 2.51. The van der Waals surface area contributed by atoms with Gasteiger partial charge in [-0.1, -0.05) is 0 Å². The second kappa shape index (κ2) is 3.94. The van der Waals surface area contributed by atoms with E-state index in [0.717, 1.165) is 21.1 Å². The number of hydrogen-bond donors (Lipinski definition) is 1. The zero-order valence-electron chi connectivity index (χ0n) is 7.14. The van der Waals surface area contributed by atoms with E-state index < -0.39 is 5.76 Å². The number of hydrogen-bond acceptors (Lipinski definition) is 2. The number of nitrogens with one attached hydrogen (secondary N) is 1. The third-order valence-corrected chi connectivity index (χ3v) is 2.97. The van der Waals surface area contributed by atoms with Crippen LogP contribution < -0.4 is 5.76 Å². The van der Waals surface area contributed by atoms with Crippen LogP contribution in [0.4, 0.5) is 0 Å². The van der Waals surface area contributed by atoms with Crippen LogP contribution in [0.3, 0.4) is 0 Å². The maximum atomic E-state index is 11.0. The molecule has 3 nitrogen and oxygen atoms in total. The highest BCUT2D eigenvalue weighted by atomic mass is 127. The average molecular weight is 324 g/mol. The molecule has 0 bridgehead atoms. The van der Waals surface area contributed by atoms with Crippen molar-refractivity contribution in [3.8, 4) is 0 Å². The molecule has 1 aromatic heterocycles. The SMILES string of the molecule is O=c1[nH]c2c(I)cc(CCCl)cc2o1. The van der Waals surface area contributed by atoms with Gasteiger partial charge in [0, 0.05) is 9.45 Å². The predicted molar refractivity (Wildman–Crippen MR) is 64.0 cm³/mol. The molecule has 1 heterocycles. The van der Waals surface area contributed by atoms with Gasteiger partial charge in [-0.25, -0.2) is 4.79 Å². The van der Waals surface area contributed by atoms with Gasteiger partial charge in [0.25, 0.3) is 0 Å². The van der Waals surface area contributed by atoms with Crippen molar-refractivity contribution in [1.29, 1.82) is 0 Å². The highest BCUT2D eigenvalue weighted by molar-refractivity contribution is 14.1. The van der Waals surface area contributed by atoms with Gasteiger partial charge in [-0.3, -0.25) is 4.98 Å². The number of alkyl halides is 1. The minimum absolute atomic E-state index is 0.416. The van der Waals surface area contributed by atoms with E-state index in [2.05, 4.69) is 27.6 Å². The number of benzene rings is 1. The molecule has 0 aliphatic rings. The molecular formula is C9H7ClINO2. The molecule has 0 amide bonds. The molecule has 14 heavy (non-hydrogen) atoms. The summed E-state index contributed by atoms with van der Waals surface area (Å²) in [5, 5.41) is 0. The molecule has 1 aromatic carbocycles. The summed E-state index contributed by atoms with van der Waals surface area (Å²) in [4.78, 5) is 13.6. The molecule has 1 N–H and O–H groups in total. The standard InChI is InChI=1S/C9H7ClINO2/c10-2-1-5-3-6(11)8-7(4-5)14-9(13)12-8/h3-4H,1-2H2,(H,12,13). The Morgan fingerprint density at radius 1 is 1.50 bits per heavy atom. The lowest BCUT2D eigenvalue weighted by Crippen LogP contribution is -1.93. The second-order valence-corrected chi connectivity index (χ2v) is 4.44. The summed E-state index contributed by atoms with van der Waals surface area (Å²) in [5.41, 5.74) is 2.44. The Morgan fingerprint density at radius 2 is 2.29 bits per heavy atom. The molecule has 0 aliphatic heterocycles. The smallest absolute Gasteiger partial charge is 0.408 e. The Morgan fingerprint density at radius 3 is 3.00 bits per heavy atom. The fourth-order valence-electron chi connectivity index (χ4n) is 1.32. The van der Waals surface area contributed by atoms with Crippen molar-refractivity contribution in [2.24, 2.45) is 0 Å². The molecule has 2 rings (SSSR count).